The maximum atomic E-state index is 4.95. The summed E-state index contributed by atoms with van der Waals surface area (Å²) < 4.78 is 4.94. The zero-order valence-electron chi connectivity index (χ0n) is 23.9. The first-order valence-electron chi connectivity index (χ1n) is 15.0. The minimum absolute atomic E-state index is 0.190. The highest BCUT2D eigenvalue weighted by Crippen LogP contribution is 2.44. The van der Waals surface area contributed by atoms with Gasteiger partial charge in [-0.1, -0.05) is 91.0 Å². The largest absolute Gasteiger partial charge is 0.373 e. The van der Waals surface area contributed by atoms with E-state index in [1.807, 2.05) is 0 Å². The van der Waals surface area contributed by atoms with E-state index in [9.17, 15) is 0 Å². The molecule has 9 rings (SSSR count). The van der Waals surface area contributed by atoms with Crippen molar-refractivity contribution in [3.8, 4) is 5.69 Å². The van der Waals surface area contributed by atoms with E-state index in [1.54, 1.807) is 0 Å². The molecule has 4 nitrogen and oxygen atoms in total. The first-order chi connectivity index (χ1) is 21.3. The van der Waals surface area contributed by atoms with Gasteiger partial charge in [0.05, 0.1) is 40.4 Å². The fraction of sp³-hybridized carbons (Fsp3) is 0.103. The molecule has 0 saturated carbocycles. The van der Waals surface area contributed by atoms with Gasteiger partial charge >= 0.3 is 0 Å². The maximum absolute atomic E-state index is 4.95. The van der Waals surface area contributed by atoms with E-state index in [0.717, 1.165) is 0 Å². The summed E-state index contributed by atoms with van der Waals surface area (Å²) >= 11 is 0. The summed E-state index contributed by atoms with van der Waals surface area (Å²) in [4.78, 5) is 7.31. The second kappa shape index (κ2) is 9.33. The Morgan fingerprint density at radius 3 is 2.09 bits per heavy atom. The number of fused-ring (bicyclic) bond motifs is 8. The van der Waals surface area contributed by atoms with Gasteiger partial charge in [0.2, 0.25) is 0 Å². The predicted molar refractivity (Wildman–Crippen MR) is 180 cm³/mol. The number of rotatable bonds is 3. The van der Waals surface area contributed by atoms with Crippen LogP contribution < -0.4 is 0 Å². The minimum Gasteiger partial charge on any atom is -0.373 e. The zero-order chi connectivity index (χ0) is 28.5. The summed E-state index contributed by atoms with van der Waals surface area (Å²) in [6.07, 6.45) is 6.70. The lowest BCUT2D eigenvalue weighted by Crippen LogP contribution is -2.41. The number of para-hydroxylation sites is 3. The topological polar surface area (TPSA) is 25.5 Å². The Labute approximate surface area is 250 Å². The Morgan fingerprint density at radius 1 is 0.628 bits per heavy atom. The van der Waals surface area contributed by atoms with Crippen LogP contribution in [0.2, 0.25) is 0 Å². The highest BCUT2D eigenvalue weighted by molar-refractivity contribution is 6.26. The van der Waals surface area contributed by atoms with E-state index in [-0.39, 0.29) is 12.0 Å². The standard InChI is InChI=1S/C39H30N4/c1-41-23-22-35(32-25-40-24-31(38(32)41)26-12-4-2-5-13-26)43-34-19-11-9-17-30(34)37-36(43)21-20-29-28-16-8-10-18-33(28)42(39(29)37)27-14-6-3-7-15-27/h2-24,31,38H,25H2,1H3/t31?,38-/m0/s1. The molecule has 5 aromatic carbocycles. The average molecular weight is 555 g/mol. The fourth-order valence-electron chi connectivity index (χ4n) is 7.55. The van der Waals surface area contributed by atoms with E-state index in [0.29, 0.717) is 6.54 Å². The van der Waals surface area contributed by atoms with Crippen LogP contribution in [0.5, 0.6) is 0 Å². The molecular formula is C39H30N4. The molecule has 43 heavy (non-hydrogen) atoms. The quantitative estimate of drug-likeness (QED) is 0.214. The van der Waals surface area contributed by atoms with Crippen LogP contribution in [-0.4, -0.2) is 39.9 Å². The molecule has 2 aliphatic heterocycles. The smallest absolute Gasteiger partial charge is 0.0653 e. The first kappa shape index (κ1) is 24.3. The van der Waals surface area contributed by atoms with Gasteiger partial charge in [-0.25, -0.2) is 0 Å². The Morgan fingerprint density at radius 2 is 1.30 bits per heavy atom. The van der Waals surface area contributed by atoms with E-state index in [4.69, 9.17) is 4.99 Å². The summed E-state index contributed by atoms with van der Waals surface area (Å²) in [6.45, 7) is 0.693. The van der Waals surface area contributed by atoms with Gasteiger partial charge in [-0.15, -0.1) is 0 Å². The second-order valence-corrected chi connectivity index (χ2v) is 11.7. The number of aromatic nitrogens is 2. The Kier molecular flexibility index (Phi) is 5.27. The zero-order valence-corrected chi connectivity index (χ0v) is 23.9. The van der Waals surface area contributed by atoms with Gasteiger partial charge in [0.1, 0.15) is 0 Å². The van der Waals surface area contributed by atoms with E-state index in [2.05, 4.69) is 161 Å². The van der Waals surface area contributed by atoms with Crippen molar-refractivity contribution in [2.24, 2.45) is 4.99 Å². The SMILES string of the molecule is CN1C=CC(n2c3ccccc3c3c2ccc2c4ccccc4n(-c4ccccc4)c23)=C2CN=CC(c3ccccc3)[C@@H]21. The van der Waals surface area contributed by atoms with Gasteiger partial charge in [0.25, 0.3) is 0 Å². The van der Waals surface area contributed by atoms with E-state index in [1.165, 1.54) is 66.1 Å². The van der Waals surface area contributed by atoms with Crippen molar-refractivity contribution in [2.45, 2.75) is 12.0 Å². The lowest BCUT2D eigenvalue weighted by molar-refractivity contribution is 0.343. The molecule has 0 bridgehead atoms. The highest BCUT2D eigenvalue weighted by atomic mass is 15.1. The Bertz CT molecular complexity index is 2280. The number of allylic oxidation sites excluding steroid dienone is 2. The lowest BCUT2D eigenvalue weighted by atomic mass is 9.82. The van der Waals surface area contributed by atoms with Crippen molar-refractivity contribution in [1.82, 2.24) is 14.0 Å². The van der Waals surface area contributed by atoms with Crippen molar-refractivity contribution >= 4 is 55.5 Å². The number of likely N-dealkylation sites (N-methyl/N-ethyl adjacent to an activating group) is 1. The number of benzene rings is 5. The number of hydrogen-bond acceptors (Lipinski definition) is 2. The molecule has 0 amide bonds. The Hall–Kier alpha value is -5.35. The average Bonchev–Trinajstić information content (AvgIpc) is 3.59. The van der Waals surface area contributed by atoms with Crippen molar-refractivity contribution in [3.63, 3.8) is 0 Å². The summed E-state index contributed by atoms with van der Waals surface area (Å²) in [6, 6.07) is 44.1. The van der Waals surface area contributed by atoms with Gasteiger partial charge in [0.15, 0.2) is 0 Å². The number of nitrogens with zero attached hydrogens (tertiary/aromatic N) is 4. The summed E-state index contributed by atoms with van der Waals surface area (Å²) in [5, 5.41) is 5.09. The molecule has 2 atom stereocenters. The van der Waals surface area contributed by atoms with Crippen molar-refractivity contribution in [3.05, 3.63) is 145 Å². The predicted octanol–water partition coefficient (Wildman–Crippen LogP) is 8.80. The van der Waals surface area contributed by atoms with Crippen LogP contribution >= 0.6 is 0 Å². The number of hydrogen-bond donors (Lipinski definition) is 0. The van der Waals surface area contributed by atoms with Crippen LogP contribution in [-0.2, 0) is 0 Å². The molecule has 0 spiro atoms. The molecule has 7 aromatic rings. The van der Waals surface area contributed by atoms with Gasteiger partial charge in [-0.3, -0.25) is 4.99 Å². The van der Waals surface area contributed by atoms with Gasteiger partial charge < -0.3 is 14.0 Å². The fourth-order valence-corrected chi connectivity index (χ4v) is 7.55. The molecule has 4 heterocycles. The third-order valence-electron chi connectivity index (χ3n) is 9.37. The van der Waals surface area contributed by atoms with Gasteiger partial charge in [0, 0.05) is 52.6 Å². The third-order valence-corrected chi connectivity index (χ3v) is 9.37. The molecule has 2 aromatic heterocycles. The molecule has 2 aliphatic rings. The van der Waals surface area contributed by atoms with Crippen LogP contribution in [0.25, 0.3) is 55.0 Å². The van der Waals surface area contributed by atoms with Crippen LogP contribution in [0.1, 0.15) is 11.5 Å². The summed E-state index contributed by atoms with van der Waals surface area (Å²) in [5.74, 6) is 0.190. The van der Waals surface area contributed by atoms with Crippen LogP contribution in [0.3, 0.4) is 0 Å². The van der Waals surface area contributed by atoms with E-state index >= 15 is 0 Å². The molecule has 0 saturated heterocycles. The van der Waals surface area contributed by atoms with Crippen molar-refractivity contribution in [1.29, 1.82) is 0 Å². The molecule has 0 radical (unpaired) electrons. The van der Waals surface area contributed by atoms with E-state index < -0.39 is 0 Å². The molecule has 4 heteroatoms. The molecule has 0 aliphatic carbocycles. The lowest BCUT2D eigenvalue weighted by Gasteiger charge is -2.40. The minimum atomic E-state index is 0.190. The number of aliphatic imine (C=N–C) groups is 1. The molecule has 0 N–H and O–H groups in total. The van der Waals surface area contributed by atoms with Crippen molar-refractivity contribution < 1.29 is 0 Å². The molecular weight excluding hydrogens is 524 g/mol. The first-order valence-corrected chi connectivity index (χ1v) is 15.0. The van der Waals surface area contributed by atoms with Gasteiger partial charge in [-0.2, -0.15) is 0 Å². The maximum Gasteiger partial charge on any atom is 0.0653 e. The molecule has 1 unspecified atom stereocenters. The Balaban J connectivity index is 1.39. The molecule has 206 valence electrons. The van der Waals surface area contributed by atoms with Crippen LogP contribution in [0.15, 0.2) is 144 Å². The third kappa shape index (κ3) is 3.47. The van der Waals surface area contributed by atoms with Gasteiger partial charge in [-0.05, 0) is 47.5 Å². The highest BCUT2D eigenvalue weighted by Gasteiger charge is 2.35. The second-order valence-electron chi connectivity index (χ2n) is 11.7. The summed E-state index contributed by atoms with van der Waals surface area (Å²) in [7, 11) is 2.20. The molecule has 0 fully saturated rings. The normalized spacial score (nSPS) is 18.4. The van der Waals surface area contributed by atoms with Crippen molar-refractivity contribution in [2.75, 3.05) is 13.6 Å². The monoisotopic (exact) mass is 554 g/mol. The van der Waals surface area contributed by atoms with Crippen LogP contribution in [0, 0.1) is 0 Å². The summed E-state index contributed by atoms with van der Waals surface area (Å²) in [5.41, 5.74) is 9.97. The van der Waals surface area contributed by atoms with Crippen LogP contribution in [0.4, 0.5) is 0 Å².